The number of alkyl halides is 6. The molecule has 0 aliphatic carbocycles. The molecule has 0 unspecified atom stereocenters. The first kappa shape index (κ1) is 31.7. The molecule has 11 nitrogen and oxygen atoms in total. The predicted molar refractivity (Wildman–Crippen MR) is 125 cm³/mol. The third-order valence-electron chi connectivity index (χ3n) is 7.00. The molecule has 2 bridgehead atoms. The maximum absolute atomic E-state index is 13.4. The van der Waals surface area contributed by atoms with Crippen LogP contribution in [-0.4, -0.2) is 76.8 Å². The molecule has 4 aliphatic rings. The Morgan fingerprint density at radius 1 is 1.05 bits per heavy atom. The number of hydrogen-bond acceptors (Lipinski definition) is 9. The number of carbonyl (C=O) groups is 3. The molecule has 42 heavy (non-hydrogen) atoms. The number of hydrogen-bond donors (Lipinski definition) is 4. The Bertz CT molecular complexity index is 1300. The quantitative estimate of drug-likeness (QED) is 0.222. The van der Waals surface area contributed by atoms with Gasteiger partial charge in [-0.15, -0.1) is 0 Å². The Balaban J connectivity index is 1.57. The van der Waals surface area contributed by atoms with Crippen LogP contribution in [0.3, 0.4) is 0 Å². The molecule has 1 aromatic carbocycles. The lowest BCUT2D eigenvalue weighted by Gasteiger charge is -2.50. The van der Waals surface area contributed by atoms with E-state index in [1.54, 1.807) is 13.8 Å². The van der Waals surface area contributed by atoms with Gasteiger partial charge in [0.15, 0.2) is 5.79 Å². The van der Waals surface area contributed by atoms with Crippen molar-refractivity contribution in [3.63, 3.8) is 0 Å². The van der Waals surface area contributed by atoms with E-state index < -0.39 is 89.0 Å². The van der Waals surface area contributed by atoms with Crippen molar-refractivity contribution in [3.8, 4) is 0 Å². The molecule has 5 rings (SSSR count). The van der Waals surface area contributed by atoms with Gasteiger partial charge in [0, 0.05) is 0 Å². The summed E-state index contributed by atoms with van der Waals surface area (Å²) in [5.74, 6) is -5.64. The smallest absolute Gasteiger partial charge is 0.417 e. The highest BCUT2D eigenvalue weighted by molar-refractivity contribution is 6.03. The summed E-state index contributed by atoms with van der Waals surface area (Å²) in [7, 11) is 0. The number of benzene rings is 1. The van der Waals surface area contributed by atoms with Gasteiger partial charge in [-0.05, 0) is 51.0 Å². The molecule has 4 heterocycles. The zero-order valence-electron chi connectivity index (χ0n) is 22.2. The van der Waals surface area contributed by atoms with E-state index in [0.29, 0.717) is 6.07 Å². The molecule has 4 N–H and O–H groups in total. The van der Waals surface area contributed by atoms with Gasteiger partial charge in [-0.2, -0.15) is 26.3 Å². The van der Waals surface area contributed by atoms with E-state index in [9.17, 15) is 50.9 Å². The maximum Gasteiger partial charge on any atom is 0.417 e. The average Bonchev–Trinajstić information content (AvgIpc) is 3.16. The van der Waals surface area contributed by atoms with Crippen molar-refractivity contribution in [2.75, 3.05) is 19.8 Å². The van der Waals surface area contributed by atoms with Crippen LogP contribution in [0.1, 0.15) is 48.7 Å². The molecule has 0 spiro atoms. The number of nitrogens with one attached hydrogen (secondary N) is 2. The number of carbonyl (C=O) groups excluding carboxylic acids is 3. The van der Waals surface area contributed by atoms with Gasteiger partial charge >= 0.3 is 18.3 Å². The van der Waals surface area contributed by atoms with E-state index in [4.69, 9.17) is 14.2 Å². The second-order valence-electron chi connectivity index (χ2n) is 10.5. The second-order valence-corrected chi connectivity index (χ2v) is 10.5. The number of aliphatic hydroxyl groups is 2. The third kappa shape index (κ3) is 5.46. The molecule has 1 aromatic rings. The summed E-state index contributed by atoms with van der Waals surface area (Å²) >= 11 is 0. The Kier molecular flexibility index (Phi) is 7.68. The fourth-order valence-electron chi connectivity index (χ4n) is 5.02. The highest BCUT2D eigenvalue weighted by Gasteiger charge is 2.65. The summed E-state index contributed by atoms with van der Waals surface area (Å²) in [4.78, 5) is 38.7. The lowest BCUT2D eigenvalue weighted by molar-refractivity contribution is -0.240. The molecular weight excluding hydrogens is 586 g/mol. The normalized spacial score (nSPS) is 31.3. The number of fused-ring (bicyclic) bond motifs is 5. The van der Waals surface area contributed by atoms with Crippen LogP contribution in [0.4, 0.5) is 26.3 Å². The van der Waals surface area contributed by atoms with Crippen LogP contribution in [0, 0.1) is 0 Å². The first-order valence-corrected chi connectivity index (χ1v) is 12.3. The number of aliphatic hydroxyl groups excluding tert-OH is 1. The average molecular weight is 612 g/mol. The summed E-state index contributed by atoms with van der Waals surface area (Å²) in [6.45, 7) is 2.86. The molecule has 4 saturated heterocycles. The van der Waals surface area contributed by atoms with Gasteiger partial charge in [-0.25, -0.2) is 4.79 Å². The highest BCUT2D eigenvalue weighted by atomic mass is 19.4. The first-order valence-electron chi connectivity index (χ1n) is 12.3. The number of amides is 2. The van der Waals surface area contributed by atoms with Gasteiger partial charge in [0.05, 0.1) is 29.9 Å². The van der Waals surface area contributed by atoms with Gasteiger partial charge in [0.2, 0.25) is 5.72 Å². The van der Waals surface area contributed by atoms with Gasteiger partial charge in [-0.1, -0.05) is 6.07 Å². The number of halogens is 6. The molecule has 0 saturated carbocycles. The number of ether oxygens (including phenoxy) is 4. The summed E-state index contributed by atoms with van der Waals surface area (Å²) in [5, 5.41) is 26.4. The number of piperazine rings is 1. The van der Waals surface area contributed by atoms with Crippen LogP contribution >= 0.6 is 0 Å². The van der Waals surface area contributed by atoms with Gasteiger partial charge in [0.1, 0.15) is 18.3 Å². The minimum atomic E-state index is -5.33. The van der Waals surface area contributed by atoms with Crippen molar-refractivity contribution in [1.82, 2.24) is 10.6 Å². The summed E-state index contributed by atoms with van der Waals surface area (Å²) in [5.41, 5.74) is -12.7. The van der Waals surface area contributed by atoms with E-state index in [1.165, 1.54) is 6.92 Å². The second kappa shape index (κ2) is 10.2. The number of rotatable bonds is 5. The molecule has 0 aromatic heterocycles. The summed E-state index contributed by atoms with van der Waals surface area (Å²) in [6.07, 6.45) is -12.0. The van der Waals surface area contributed by atoms with Gasteiger partial charge in [-0.3, -0.25) is 9.59 Å². The zero-order chi connectivity index (χ0) is 31.5. The Morgan fingerprint density at radius 2 is 1.64 bits per heavy atom. The third-order valence-corrected chi connectivity index (χ3v) is 7.00. The Labute approximate surface area is 233 Å². The standard InChI is InChI=1S/C25H26F6N2O9/c1-20(2)41-11-21(3,42-20)17(35)23-19(37)32-22(38,18(36)33-23)12(8-10-40-23)7-9-39-16(34)15-13(24(26,27)28)5-4-6-14(15)25(29,30)31/h4-7,17,35,38H,8-11H2,1-3H3,(H,32,37)(H,33,36)/b12-7+/t17-,21+,22-,23+/m1/s1. The molecule has 17 heteroatoms. The number of esters is 1. The lowest BCUT2D eigenvalue weighted by atomic mass is 9.84. The molecule has 0 radical (unpaired) electrons. The Morgan fingerprint density at radius 3 is 2.17 bits per heavy atom. The molecular formula is C25H26F6N2O9. The largest absolute Gasteiger partial charge is 0.458 e. The lowest BCUT2D eigenvalue weighted by Crippen LogP contribution is -2.82. The van der Waals surface area contributed by atoms with Crippen molar-refractivity contribution < 1.29 is 69.9 Å². The molecule has 232 valence electrons. The van der Waals surface area contributed by atoms with Crippen LogP contribution in [0.2, 0.25) is 0 Å². The van der Waals surface area contributed by atoms with Crippen LogP contribution < -0.4 is 10.6 Å². The van der Waals surface area contributed by atoms with Crippen LogP contribution in [0.5, 0.6) is 0 Å². The van der Waals surface area contributed by atoms with E-state index in [0.717, 1.165) is 6.08 Å². The fraction of sp³-hybridized carbons (Fsp3) is 0.560. The van der Waals surface area contributed by atoms with Crippen LogP contribution in [-0.2, 0) is 40.9 Å². The molecule has 4 atom stereocenters. The van der Waals surface area contributed by atoms with E-state index in [2.05, 4.69) is 10.1 Å². The fourth-order valence-corrected chi connectivity index (χ4v) is 5.02. The van der Waals surface area contributed by atoms with Crippen molar-refractivity contribution in [1.29, 1.82) is 0 Å². The monoisotopic (exact) mass is 612 g/mol. The molecule has 2 amide bonds. The summed E-state index contributed by atoms with van der Waals surface area (Å²) < 4.78 is 102. The SMILES string of the molecule is CC1(C)OC[C@@](C)([C@@H](O)[C@@]23NC(=O)[C@@](O)(NC2=O)/C(=C/COC(=O)c2c(C(F)(F)F)cccc2C(F)(F)F)CCO3)O1. The van der Waals surface area contributed by atoms with Crippen LogP contribution in [0.15, 0.2) is 29.8 Å². The summed E-state index contributed by atoms with van der Waals surface area (Å²) in [6, 6.07) is 1.06. The van der Waals surface area contributed by atoms with Crippen molar-refractivity contribution in [2.45, 2.75) is 68.5 Å². The maximum atomic E-state index is 13.4. The Hall–Kier alpha value is -3.25. The minimum Gasteiger partial charge on any atom is -0.458 e. The first-order chi connectivity index (χ1) is 19.2. The van der Waals surface area contributed by atoms with E-state index in [1.807, 2.05) is 5.32 Å². The topological polar surface area (TPSA) is 153 Å². The van der Waals surface area contributed by atoms with Gasteiger partial charge < -0.3 is 39.8 Å². The molecule has 4 fully saturated rings. The highest BCUT2D eigenvalue weighted by Crippen LogP contribution is 2.41. The van der Waals surface area contributed by atoms with Crippen LogP contribution in [0.25, 0.3) is 0 Å². The van der Waals surface area contributed by atoms with Gasteiger partial charge in [0.25, 0.3) is 17.5 Å². The predicted octanol–water partition coefficient (Wildman–Crippen LogP) is 1.76. The van der Waals surface area contributed by atoms with Crippen molar-refractivity contribution in [3.05, 3.63) is 46.5 Å². The zero-order valence-corrected chi connectivity index (χ0v) is 22.2. The van der Waals surface area contributed by atoms with E-state index >= 15 is 0 Å². The van der Waals surface area contributed by atoms with Crippen molar-refractivity contribution >= 4 is 17.8 Å². The minimum absolute atomic E-state index is 0.205. The molecule has 4 aliphatic heterocycles. The van der Waals surface area contributed by atoms with Crippen molar-refractivity contribution in [2.24, 2.45) is 0 Å². The van der Waals surface area contributed by atoms with E-state index in [-0.39, 0.29) is 30.7 Å².